The van der Waals surface area contributed by atoms with Gasteiger partial charge in [-0.2, -0.15) is 0 Å². The van der Waals surface area contributed by atoms with Crippen LogP contribution in [0.15, 0.2) is 24.5 Å². The molecule has 3 heterocycles. The number of fused-ring (bicyclic) bond motifs is 1. The Morgan fingerprint density at radius 3 is 3.16 bits per heavy atom. The monoisotopic (exact) mass is 259 g/mol. The summed E-state index contributed by atoms with van der Waals surface area (Å²) in [6, 6.07) is 4.00. The molecule has 0 aromatic carbocycles. The quantitative estimate of drug-likeness (QED) is 0.846. The molecule has 4 nitrogen and oxygen atoms in total. The van der Waals surface area contributed by atoms with E-state index in [1.54, 1.807) is 7.11 Å². The smallest absolute Gasteiger partial charge is 0.144 e. The molecule has 2 aromatic rings. The second-order valence-electron chi connectivity index (χ2n) is 5.48. The number of nitrogens with zero attached hydrogens (tertiary/aromatic N) is 3. The van der Waals surface area contributed by atoms with Gasteiger partial charge in [0.15, 0.2) is 0 Å². The maximum atomic E-state index is 5.38. The van der Waals surface area contributed by atoms with Gasteiger partial charge in [0.1, 0.15) is 17.1 Å². The maximum absolute atomic E-state index is 5.38. The first-order valence-electron chi connectivity index (χ1n) is 6.95. The molecule has 3 rings (SSSR count). The first-order valence-corrected chi connectivity index (χ1v) is 6.95. The molecule has 0 aliphatic carbocycles. The highest BCUT2D eigenvalue weighted by Crippen LogP contribution is 2.23. The van der Waals surface area contributed by atoms with Crippen molar-refractivity contribution in [3.63, 3.8) is 0 Å². The molecule has 0 spiro atoms. The van der Waals surface area contributed by atoms with E-state index in [1.165, 1.54) is 25.9 Å². The van der Waals surface area contributed by atoms with Gasteiger partial charge in [-0.3, -0.25) is 0 Å². The van der Waals surface area contributed by atoms with Gasteiger partial charge in [0.2, 0.25) is 0 Å². The average Bonchev–Trinajstić information content (AvgIpc) is 2.82. The molecule has 19 heavy (non-hydrogen) atoms. The molecule has 4 heteroatoms. The van der Waals surface area contributed by atoms with Gasteiger partial charge in [0.05, 0.1) is 13.3 Å². The van der Waals surface area contributed by atoms with E-state index in [0.717, 1.165) is 29.4 Å². The summed E-state index contributed by atoms with van der Waals surface area (Å²) in [5.41, 5.74) is 1.06. The Morgan fingerprint density at radius 1 is 1.47 bits per heavy atom. The molecule has 0 N–H and O–H groups in total. The van der Waals surface area contributed by atoms with Gasteiger partial charge in [0.25, 0.3) is 0 Å². The lowest BCUT2D eigenvalue weighted by Crippen LogP contribution is -2.33. The van der Waals surface area contributed by atoms with Gasteiger partial charge in [-0.25, -0.2) is 4.98 Å². The first-order chi connectivity index (χ1) is 9.28. The van der Waals surface area contributed by atoms with Crippen LogP contribution in [-0.2, 0) is 6.42 Å². The summed E-state index contributed by atoms with van der Waals surface area (Å²) < 4.78 is 7.54. The van der Waals surface area contributed by atoms with Gasteiger partial charge in [0, 0.05) is 19.2 Å². The molecule has 0 radical (unpaired) electrons. The Morgan fingerprint density at radius 2 is 2.37 bits per heavy atom. The molecule has 1 aliphatic rings. The molecule has 0 amide bonds. The van der Waals surface area contributed by atoms with Crippen LogP contribution in [-0.4, -0.2) is 41.5 Å². The summed E-state index contributed by atoms with van der Waals surface area (Å²) in [6.07, 6.45) is 7.65. The number of hydrogen-bond acceptors (Lipinski definition) is 3. The van der Waals surface area contributed by atoms with Crippen molar-refractivity contribution in [1.29, 1.82) is 0 Å². The van der Waals surface area contributed by atoms with Crippen LogP contribution in [0.1, 0.15) is 18.7 Å². The van der Waals surface area contributed by atoms with E-state index < -0.39 is 0 Å². The number of methoxy groups -OCH3 is 1. The Bertz CT molecular complexity index is 564. The predicted octanol–water partition coefficient (Wildman–Crippen LogP) is 2.23. The van der Waals surface area contributed by atoms with Crippen molar-refractivity contribution in [2.24, 2.45) is 5.92 Å². The fraction of sp³-hybridized carbons (Fsp3) is 0.533. The first kappa shape index (κ1) is 12.5. The molecule has 1 atom stereocenters. The van der Waals surface area contributed by atoms with Crippen molar-refractivity contribution in [2.45, 2.75) is 19.3 Å². The summed E-state index contributed by atoms with van der Waals surface area (Å²) in [7, 11) is 3.91. The highest BCUT2D eigenvalue weighted by molar-refractivity contribution is 5.59. The number of rotatable bonds is 3. The van der Waals surface area contributed by atoms with Gasteiger partial charge in [-0.05, 0) is 44.5 Å². The van der Waals surface area contributed by atoms with Crippen LogP contribution >= 0.6 is 0 Å². The number of likely N-dealkylation sites (tertiary alicyclic amines) is 1. The Hall–Kier alpha value is -1.55. The largest absolute Gasteiger partial charge is 0.494 e. The number of ether oxygens (including phenoxy) is 1. The summed E-state index contributed by atoms with van der Waals surface area (Å²) >= 11 is 0. The SMILES string of the molecule is COc1cccn2c(CC3CCCN(C)C3)ncc12. The van der Waals surface area contributed by atoms with E-state index in [4.69, 9.17) is 4.74 Å². The highest BCUT2D eigenvalue weighted by Gasteiger charge is 2.19. The fourth-order valence-corrected chi connectivity index (χ4v) is 3.07. The van der Waals surface area contributed by atoms with Gasteiger partial charge in [-0.15, -0.1) is 0 Å². The van der Waals surface area contributed by atoms with Crippen LogP contribution in [0.3, 0.4) is 0 Å². The predicted molar refractivity (Wildman–Crippen MR) is 75.7 cm³/mol. The average molecular weight is 259 g/mol. The zero-order valence-corrected chi connectivity index (χ0v) is 11.7. The highest BCUT2D eigenvalue weighted by atomic mass is 16.5. The van der Waals surface area contributed by atoms with Crippen molar-refractivity contribution in [2.75, 3.05) is 27.2 Å². The molecule has 0 bridgehead atoms. The topological polar surface area (TPSA) is 29.8 Å². The lowest BCUT2D eigenvalue weighted by molar-refractivity contribution is 0.207. The summed E-state index contributed by atoms with van der Waals surface area (Å²) in [4.78, 5) is 7.01. The lowest BCUT2D eigenvalue weighted by Gasteiger charge is -2.29. The molecule has 1 aliphatic heterocycles. The molecule has 102 valence electrons. The number of piperidine rings is 1. The number of hydrogen-bond donors (Lipinski definition) is 0. The Kier molecular flexibility index (Phi) is 3.42. The molecule has 1 unspecified atom stereocenters. The van der Waals surface area contributed by atoms with Crippen LogP contribution in [0, 0.1) is 5.92 Å². The van der Waals surface area contributed by atoms with Crippen molar-refractivity contribution in [3.05, 3.63) is 30.4 Å². The van der Waals surface area contributed by atoms with Crippen molar-refractivity contribution >= 4 is 5.52 Å². The molecule has 2 aromatic heterocycles. The van der Waals surface area contributed by atoms with Crippen LogP contribution in [0.2, 0.25) is 0 Å². The van der Waals surface area contributed by atoms with Gasteiger partial charge < -0.3 is 14.0 Å². The van der Waals surface area contributed by atoms with Crippen LogP contribution in [0.4, 0.5) is 0 Å². The van der Waals surface area contributed by atoms with E-state index in [-0.39, 0.29) is 0 Å². The third-order valence-electron chi connectivity index (χ3n) is 4.02. The van der Waals surface area contributed by atoms with E-state index in [2.05, 4.69) is 27.5 Å². The maximum Gasteiger partial charge on any atom is 0.144 e. The molecule has 1 fully saturated rings. The second-order valence-corrected chi connectivity index (χ2v) is 5.48. The van der Waals surface area contributed by atoms with Crippen LogP contribution in [0.5, 0.6) is 5.75 Å². The standard InChI is InChI=1S/C15H21N3O/c1-17-7-3-5-12(11-17)9-15-16-10-13-14(19-2)6-4-8-18(13)15/h4,6,8,10,12H,3,5,7,9,11H2,1-2H3. The van der Waals surface area contributed by atoms with Crippen molar-refractivity contribution < 1.29 is 4.74 Å². The molecule has 1 saturated heterocycles. The summed E-state index contributed by atoms with van der Waals surface area (Å²) in [5, 5.41) is 0. The minimum atomic E-state index is 0.718. The molecular weight excluding hydrogens is 238 g/mol. The van der Waals surface area contributed by atoms with E-state index in [1.807, 2.05) is 18.3 Å². The minimum Gasteiger partial charge on any atom is -0.494 e. The number of pyridine rings is 1. The van der Waals surface area contributed by atoms with E-state index in [0.29, 0.717) is 0 Å². The zero-order chi connectivity index (χ0) is 13.2. The second kappa shape index (κ2) is 5.21. The summed E-state index contributed by atoms with van der Waals surface area (Å²) in [6.45, 7) is 2.41. The van der Waals surface area contributed by atoms with E-state index >= 15 is 0 Å². The van der Waals surface area contributed by atoms with Crippen molar-refractivity contribution in [3.8, 4) is 5.75 Å². The van der Waals surface area contributed by atoms with Crippen LogP contribution in [0.25, 0.3) is 5.52 Å². The summed E-state index contributed by atoms with van der Waals surface area (Å²) in [5.74, 6) is 2.76. The number of imidazole rings is 1. The van der Waals surface area contributed by atoms with Gasteiger partial charge >= 0.3 is 0 Å². The fourth-order valence-electron chi connectivity index (χ4n) is 3.07. The van der Waals surface area contributed by atoms with Crippen molar-refractivity contribution in [1.82, 2.24) is 14.3 Å². The third kappa shape index (κ3) is 2.45. The number of aromatic nitrogens is 2. The lowest BCUT2D eigenvalue weighted by atomic mass is 9.95. The Balaban J connectivity index is 1.85. The third-order valence-corrected chi connectivity index (χ3v) is 4.02. The molecule has 0 saturated carbocycles. The normalized spacial score (nSPS) is 20.8. The minimum absolute atomic E-state index is 0.718. The Labute approximate surface area is 114 Å². The molecular formula is C15H21N3O. The van der Waals surface area contributed by atoms with Gasteiger partial charge in [-0.1, -0.05) is 0 Å². The van der Waals surface area contributed by atoms with Crippen LogP contribution < -0.4 is 4.74 Å². The van der Waals surface area contributed by atoms with E-state index in [9.17, 15) is 0 Å². The zero-order valence-electron chi connectivity index (χ0n) is 11.7.